The monoisotopic (exact) mass is 331 g/mol. The van der Waals surface area contributed by atoms with Gasteiger partial charge in [0.25, 0.3) is 0 Å². The molecule has 4 heteroatoms. The van der Waals surface area contributed by atoms with Gasteiger partial charge in [0.1, 0.15) is 5.75 Å². The van der Waals surface area contributed by atoms with Gasteiger partial charge in [-0.2, -0.15) is 0 Å². The lowest BCUT2D eigenvalue weighted by atomic mass is 9.92. The zero-order valence-electron chi connectivity index (χ0n) is 14.3. The summed E-state index contributed by atoms with van der Waals surface area (Å²) in [6.07, 6.45) is 3.27. The zero-order chi connectivity index (χ0) is 17.3. The van der Waals surface area contributed by atoms with Crippen LogP contribution in [-0.2, 0) is 4.74 Å². The maximum Gasteiger partial charge on any atom is 0.188 e. The summed E-state index contributed by atoms with van der Waals surface area (Å²) in [6.45, 7) is 2.07. The van der Waals surface area contributed by atoms with Gasteiger partial charge in [-0.25, -0.2) is 0 Å². The fourth-order valence-electron chi connectivity index (χ4n) is 4.28. The van der Waals surface area contributed by atoms with Crippen molar-refractivity contribution in [3.63, 3.8) is 0 Å². The number of carbonyl (C=O) groups is 1. The molecule has 4 nitrogen and oxygen atoms in total. The Kier molecular flexibility index (Phi) is 2.80. The third-order valence-corrected chi connectivity index (χ3v) is 5.19. The van der Waals surface area contributed by atoms with Gasteiger partial charge in [-0.15, -0.1) is 0 Å². The summed E-state index contributed by atoms with van der Waals surface area (Å²) in [6, 6.07) is 10.2. The molecule has 0 radical (unpaired) electrons. The number of ketones is 1. The summed E-state index contributed by atoms with van der Waals surface area (Å²) in [4.78, 5) is 12.8. The van der Waals surface area contributed by atoms with E-state index in [9.17, 15) is 4.79 Å². The smallest absolute Gasteiger partial charge is 0.188 e. The van der Waals surface area contributed by atoms with Crippen molar-refractivity contribution in [2.75, 3.05) is 14.2 Å². The molecule has 0 fully saturated rings. The van der Waals surface area contributed by atoms with Crippen molar-refractivity contribution in [2.24, 2.45) is 0 Å². The molecule has 25 heavy (non-hydrogen) atoms. The lowest BCUT2D eigenvalue weighted by Crippen LogP contribution is -2.09. The summed E-state index contributed by atoms with van der Waals surface area (Å²) in [5, 5.41) is 1.02. The number of allylic oxidation sites excluding steroid dienone is 1. The van der Waals surface area contributed by atoms with Gasteiger partial charge >= 0.3 is 0 Å². The van der Waals surface area contributed by atoms with Crippen LogP contribution in [0, 0.1) is 6.92 Å². The molecule has 1 aliphatic heterocycles. The summed E-state index contributed by atoms with van der Waals surface area (Å²) in [5.74, 6) is 0.820. The second kappa shape index (κ2) is 4.83. The average Bonchev–Trinajstić information content (AvgIpc) is 3.12. The van der Waals surface area contributed by atoms with Crippen LogP contribution >= 0.6 is 0 Å². The van der Waals surface area contributed by atoms with Crippen molar-refractivity contribution in [1.82, 2.24) is 4.57 Å². The van der Waals surface area contributed by atoms with Crippen LogP contribution in [0.2, 0.25) is 0 Å². The molecule has 0 N–H and O–H groups in total. The highest BCUT2D eigenvalue weighted by molar-refractivity contribution is 6.24. The molecular formula is C21H17NO3. The number of nitrogens with zero attached hydrogens (tertiary/aromatic N) is 1. The minimum Gasteiger partial charge on any atom is -0.496 e. The number of rotatable bonds is 2. The fraction of sp³-hybridized carbons (Fsp3) is 0.190. The Balaban J connectivity index is 1.99. The van der Waals surface area contributed by atoms with E-state index in [-0.39, 0.29) is 12.0 Å². The first-order chi connectivity index (χ1) is 12.2. The Morgan fingerprint density at radius 2 is 1.96 bits per heavy atom. The Hall–Kier alpha value is -2.85. The first-order valence-corrected chi connectivity index (χ1v) is 8.26. The fourth-order valence-corrected chi connectivity index (χ4v) is 4.28. The molecule has 2 aliphatic rings. The Bertz CT molecular complexity index is 1100. The van der Waals surface area contributed by atoms with Gasteiger partial charge in [0.2, 0.25) is 0 Å². The number of aromatic nitrogens is 1. The largest absolute Gasteiger partial charge is 0.496 e. The maximum atomic E-state index is 12.8. The molecule has 0 saturated carbocycles. The van der Waals surface area contributed by atoms with Crippen molar-refractivity contribution in [2.45, 2.75) is 13.2 Å². The van der Waals surface area contributed by atoms with Crippen LogP contribution in [0.5, 0.6) is 5.75 Å². The molecule has 1 aromatic heterocycles. The lowest BCUT2D eigenvalue weighted by molar-refractivity contribution is 0.0864. The van der Waals surface area contributed by atoms with E-state index < -0.39 is 0 Å². The number of ether oxygens (including phenoxy) is 2. The minimum atomic E-state index is -0.307. The molecule has 0 spiro atoms. The van der Waals surface area contributed by atoms with Crippen molar-refractivity contribution >= 4 is 22.8 Å². The second-order valence-corrected chi connectivity index (χ2v) is 6.55. The number of aryl methyl sites for hydroxylation is 1. The van der Waals surface area contributed by atoms with E-state index in [0.29, 0.717) is 0 Å². The van der Waals surface area contributed by atoms with Gasteiger partial charge in [-0.05, 0) is 36.3 Å². The average molecular weight is 331 g/mol. The molecule has 124 valence electrons. The molecule has 3 aromatic rings. The quantitative estimate of drug-likeness (QED) is 0.701. The molecule has 0 saturated heterocycles. The highest BCUT2D eigenvalue weighted by atomic mass is 16.5. The van der Waals surface area contributed by atoms with Gasteiger partial charge in [0, 0.05) is 18.1 Å². The molecule has 0 unspecified atom stereocenters. The van der Waals surface area contributed by atoms with Gasteiger partial charge in [-0.3, -0.25) is 4.79 Å². The van der Waals surface area contributed by atoms with Crippen LogP contribution in [0.1, 0.15) is 33.3 Å². The van der Waals surface area contributed by atoms with Crippen LogP contribution < -0.4 is 4.74 Å². The number of hydrogen-bond acceptors (Lipinski definition) is 3. The van der Waals surface area contributed by atoms with E-state index in [1.165, 1.54) is 0 Å². The van der Waals surface area contributed by atoms with Crippen LogP contribution in [0.25, 0.3) is 28.2 Å². The number of fused-ring (bicyclic) bond motifs is 5. The lowest BCUT2D eigenvalue weighted by Gasteiger charge is -2.17. The molecule has 2 heterocycles. The SMILES string of the molecule is COc1cccc2c1[C@@H](OC)n1c-2c2c3c(cc(C)cc31)C=CC2=O. The van der Waals surface area contributed by atoms with E-state index in [0.717, 1.165) is 50.2 Å². The van der Waals surface area contributed by atoms with Crippen molar-refractivity contribution in [3.8, 4) is 17.0 Å². The van der Waals surface area contributed by atoms with E-state index >= 15 is 0 Å². The van der Waals surface area contributed by atoms with Gasteiger partial charge in [-0.1, -0.05) is 24.3 Å². The summed E-state index contributed by atoms with van der Waals surface area (Å²) in [7, 11) is 3.35. The molecule has 2 aromatic carbocycles. The van der Waals surface area contributed by atoms with Crippen molar-refractivity contribution in [3.05, 3.63) is 58.7 Å². The third kappa shape index (κ3) is 1.67. The Morgan fingerprint density at radius 1 is 1.12 bits per heavy atom. The molecule has 1 aliphatic carbocycles. The topological polar surface area (TPSA) is 40.5 Å². The van der Waals surface area contributed by atoms with Crippen LogP contribution in [-0.4, -0.2) is 24.6 Å². The van der Waals surface area contributed by atoms with E-state index in [4.69, 9.17) is 9.47 Å². The summed E-state index contributed by atoms with van der Waals surface area (Å²) < 4.78 is 13.6. The van der Waals surface area contributed by atoms with Crippen LogP contribution in [0.3, 0.4) is 0 Å². The molecule has 0 bridgehead atoms. The van der Waals surface area contributed by atoms with Gasteiger partial charge in [0.05, 0.1) is 29.4 Å². The Labute approximate surface area is 145 Å². The number of hydrogen-bond donors (Lipinski definition) is 0. The summed E-state index contributed by atoms with van der Waals surface area (Å²) in [5.41, 5.74) is 6.95. The third-order valence-electron chi connectivity index (χ3n) is 5.19. The maximum absolute atomic E-state index is 12.8. The standard InChI is InChI=1S/C21H17NO3/c1-11-9-12-7-8-15(23)19-17(12)14(10-11)22-20(19)13-5-4-6-16(24-2)18(13)21(22)25-3/h4-10,21H,1-3H3/t21-/m1/s1. The minimum absolute atomic E-state index is 0.0422. The Morgan fingerprint density at radius 3 is 2.72 bits per heavy atom. The first-order valence-electron chi connectivity index (χ1n) is 8.26. The van der Waals surface area contributed by atoms with E-state index in [2.05, 4.69) is 23.6 Å². The predicted octanol–water partition coefficient (Wildman–Crippen LogP) is 4.34. The zero-order valence-corrected chi connectivity index (χ0v) is 14.3. The number of benzene rings is 2. The highest BCUT2D eigenvalue weighted by Crippen LogP contribution is 2.51. The van der Waals surface area contributed by atoms with Crippen LogP contribution in [0.15, 0.2) is 36.4 Å². The second-order valence-electron chi connectivity index (χ2n) is 6.55. The van der Waals surface area contributed by atoms with Crippen molar-refractivity contribution < 1.29 is 14.3 Å². The molecule has 1 atom stereocenters. The number of carbonyl (C=O) groups excluding carboxylic acids is 1. The van der Waals surface area contributed by atoms with Crippen molar-refractivity contribution in [1.29, 1.82) is 0 Å². The molecular weight excluding hydrogens is 314 g/mol. The van der Waals surface area contributed by atoms with Gasteiger partial charge in [0.15, 0.2) is 12.0 Å². The highest BCUT2D eigenvalue weighted by Gasteiger charge is 2.38. The summed E-state index contributed by atoms with van der Waals surface area (Å²) >= 11 is 0. The normalized spacial score (nSPS) is 17.1. The van der Waals surface area contributed by atoms with E-state index in [1.54, 1.807) is 20.3 Å². The van der Waals surface area contributed by atoms with Gasteiger partial charge < -0.3 is 14.0 Å². The molecule has 0 amide bonds. The van der Waals surface area contributed by atoms with Crippen LogP contribution in [0.4, 0.5) is 0 Å². The number of methoxy groups -OCH3 is 2. The predicted molar refractivity (Wildman–Crippen MR) is 97.2 cm³/mol. The van der Waals surface area contributed by atoms with E-state index in [1.807, 2.05) is 24.3 Å². The first kappa shape index (κ1) is 14.5. The molecule has 5 rings (SSSR count).